The van der Waals surface area contributed by atoms with Crippen LogP contribution in [0.15, 0.2) is 0 Å². The average molecular weight is 315 g/mol. The molecular weight excluding hydrogens is 286 g/mol. The Morgan fingerprint density at radius 2 is 1.68 bits per heavy atom. The zero-order chi connectivity index (χ0) is 17.3. The van der Waals surface area contributed by atoms with E-state index in [2.05, 4.69) is 16.0 Å². The Hall–Kier alpha value is -1.79. The van der Waals surface area contributed by atoms with Gasteiger partial charge in [-0.25, -0.2) is 4.79 Å². The Bertz CT molecular complexity index is 389. The van der Waals surface area contributed by atoms with Crippen molar-refractivity contribution in [2.24, 2.45) is 5.92 Å². The predicted molar refractivity (Wildman–Crippen MR) is 84.3 cm³/mol. The number of hydrogen-bond donors (Lipinski definition) is 3. The van der Waals surface area contributed by atoms with Crippen molar-refractivity contribution in [3.63, 3.8) is 0 Å². The quantitative estimate of drug-likeness (QED) is 0.657. The first-order chi connectivity index (χ1) is 10.0. The van der Waals surface area contributed by atoms with Crippen LogP contribution in [0.25, 0.3) is 0 Å². The van der Waals surface area contributed by atoms with Crippen LogP contribution in [0.3, 0.4) is 0 Å². The first-order valence-electron chi connectivity index (χ1n) is 7.59. The third kappa shape index (κ3) is 10.0. The molecule has 0 aliphatic carbocycles. The fourth-order valence-electron chi connectivity index (χ4n) is 1.70. The molecule has 1 unspecified atom stereocenters. The lowest BCUT2D eigenvalue weighted by atomic mass is 10.0. The molecule has 7 nitrogen and oxygen atoms in total. The highest BCUT2D eigenvalue weighted by atomic mass is 16.6. The zero-order valence-electron chi connectivity index (χ0n) is 14.4. The molecule has 0 aromatic rings. The van der Waals surface area contributed by atoms with Crippen LogP contribution in [-0.4, -0.2) is 42.6 Å². The maximum absolute atomic E-state index is 12.1. The van der Waals surface area contributed by atoms with Gasteiger partial charge in [-0.3, -0.25) is 9.59 Å². The van der Waals surface area contributed by atoms with E-state index in [4.69, 9.17) is 4.74 Å². The molecule has 0 aromatic heterocycles. The van der Waals surface area contributed by atoms with Crippen molar-refractivity contribution in [3.8, 4) is 0 Å². The van der Waals surface area contributed by atoms with Crippen LogP contribution >= 0.6 is 0 Å². The summed E-state index contributed by atoms with van der Waals surface area (Å²) >= 11 is 0. The molecular formula is C15H29N3O4. The topological polar surface area (TPSA) is 96.5 Å². The summed E-state index contributed by atoms with van der Waals surface area (Å²) in [7, 11) is 0. The van der Waals surface area contributed by atoms with E-state index < -0.39 is 23.6 Å². The van der Waals surface area contributed by atoms with E-state index in [1.807, 2.05) is 13.8 Å². The largest absolute Gasteiger partial charge is 0.444 e. The summed E-state index contributed by atoms with van der Waals surface area (Å²) < 4.78 is 5.15. The number of ether oxygens (including phenoxy) is 1. The van der Waals surface area contributed by atoms with Gasteiger partial charge in [0.15, 0.2) is 0 Å². The second-order valence-electron chi connectivity index (χ2n) is 6.50. The van der Waals surface area contributed by atoms with E-state index in [0.717, 1.165) is 0 Å². The van der Waals surface area contributed by atoms with E-state index in [9.17, 15) is 14.4 Å². The predicted octanol–water partition coefficient (Wildman–Crippen LogP) is 1.18. The minimum Gasteiger partial charge on any atom is -0.444 e. The SMILES string of the molecule is CCNC(=O)CNC(=O)C(CC(C)C)NC(=O)OC(C)(C)C. The third-order valence-corrected chi connectivity index (χ3v) is 2.51. The number of carbonyl (C=O) groups is 3. The summed E-state index contributed by atoms with van der Waals surface area (Å²) in [6, 6.07) is -0.732. The van der Waals surface area contributed by atoms with Crippen LogP contribution in [0.1, 0.15) is 48.0 Å². The van der Waals surface area contributed by atoms with E-state index in [1.165, 1.54) is 0 Å². The summed E-state index contributed by atoms with van der Waals surface area (Å²) in [6.45, 7) is 11.3. The van der Waals surface area contributed by atoms with Crippen molar-refractivity contribution in [1.82, 2.24) is 16.0 Å². The van der Waals surface area contributed by atoms with Gasteiger partial charge in [0.25, 0.3) is 0 Å². The Morgan fingerprint density at radius 1 is 1.09 bits per heavy atom. The normalized spacial score (nSPS) is 12.5. The van der Waals surface area contributed by atoms with Crippen LogP contribution < -0.4 is 16.0 Å². The Kier molecular flexibility index (Phi) is 8.52. The number of alkyl carbamates (subject to hydrolysis) is 1. The summed E-state index contributed by atoms with van der Waals surface area (Å²) in [5.41, 5.74) is -0.635. The number of nitrogens with one attached hydrogen (secondary N) is 3. The average Bonchev–Trinajstić information content (AvgIpc) is 2.32. The summed E-state index contributed by atoms with van der Waals surface area (Å²) in [6.07, 6.45) is -0.188. The molecule has 0 heterocycles. The molecule has 1 atom stereocenters. The van der Waals surface area contributed by atoms with E-state index in [-0.39, 0.29) is 18.4 Å². The highest BCUT2D eigenvalue weighted by molar-refractivity contribution is 5.89. The molecule has 3 N–H and O–H groups in total. The minimum atomic E-state index is -0.732. The monoisotopic (exact) mass is 315 g/mol. The van der Waals surface area contributed by atoms with Crippen LogP contribution in [0.5, 0.6) is 0 Å². The Labute approximate surface area is 132 Å². The standard InChI is InChI=1S/C15H29N3O4/c1-7-16-12(19)9-17-13(20)11(8-10(2)3)18-14(21)22-15(4,5)6/h10-11H,7-9H2,1-6H3,(H,16,19)(H,17,20)(H,18,21). The zero-order valence-corrected chi connectivity index (χ0v) is 14.4. The fraction of sp³-hybridized carbons (Fsp3) is 0.800. The van der Waals surface area contributed by atoms with Gasteiger partial charge in [-0.15, -0.1) is 0 Å². The molecule has 3 amide bonds. The third-order valence-electron chi connectivity index (χ3n) is 2.51. The van der Waals surface area contributed by atoms with Crippen molar-refractivity contribution in [2.75, 3.05) is 13.1 Å². The van der Waals surface area contributed by atoms with Gasteiger partial charge >= 0.3 is 6.09 Å². The second kappa shape index (κ2) is 9.27. The number of rotatable bonds is 7. The number of hydrogen-bond acceptors (Lipinski definition) is 4. The molecule has 0 radical (unpaired) electrons. The lowest BCUT2D eigenvalue weighted by Crippen LogP contribution is -2.50. The highest BCUT2D eigenvalue weighted by Gasteiger charge is 2.25. The molecule has 0 spiro atoms. The molecule has 22 heavy (non-hydrogen) atoms. The first-order valence-corrected chi connectivity index (χ1v) is 7.59. The molecule has 0 bridgehead atoms. The minimum absolute atomic E-state index is 0.114. The van der Waals surface area contributed by atoms with E-state index in [0.29, 0.717) is 13.0 Å². The molecule has 7 heteroatoms. The van der Waals surface area contributed by atoms with Crippen LogP contribution in [-0.2, 0) is 14.3 Å². The summed E-state index contributed by atoms with van der Waals surface area (Å²) in [4.78, 5) is 35.3. The molecule has 0 fully saturated rings. The summed E-state index contributed by atoms with van der Waals surface area (Å²) in [5.74, 6) is -0.461. The maximum atomic E-state index is 12.1. The maximum Gasteiger partial charge on any atom is 0.408 e. The molecule has 0 saturated carbocycles. The van der Waals surface area contributed by atoms with Gasteiger partial charge in [-0.1, -0.05) is 13.8 Å². The smallest absolute Gasteiger partial charge is 0.408 e. The number of carbonyl (C=O) groups excluding carboxylic acids is 3. The van der Waals surface area contributed by atoms with Crippen LogP contribution in [0.2, 0.25) is 0 Å². The summed E-state index contributed by atoms with van der Waals surface area (Å²) in [5, 5.41) is 7.66. The first kappa shape index (κ1) is 20.2. The molecule has 0 aromatic carbocycles. The van der Waals surface area contributed by atoms with Gasteiger partial charge in [0, 0.05) is 6.54 Å². The molecule has 128 valence electrons. The highest BCUT2D eigenvalue weighted by Crippen LogP contribution is 2.09. The number of amides is 3. The molecule has 0 saturated heterocycles. The van der Waals surface area contributed by atoms with Gasteiger partial charge in [0.1, 0.15) is 11.6 Å². The number of likely N-dealkylation sites (N-methyl/N-ethyl adjacent to an activating group) is 1. The van der Waals surface area contributed by atoms with Crippen molar-refractivity contribution < 1.29 is 19.1 Å². The van der Waals surface area contributed by atoms with Gasteiger partial charge in [0.2, 0.25) is 11.8 Å². The lowest BCUT2D eigenvalue weighted by molar-refractivity contribution is -0.127. The van der Waals surface area contributed by atoms with E-state index >= 15 is 0 Å². The van der Waals surface area contributed by atoms with Crippen LogP contribution in [0, 0.1) is 5.92 Å². The lowest BCUT2D eigenvalue weighted by Gasteiger charge is -2.24. The molecule has 0 aliphatic heterocycles. The fourth-order valence-corrected chi connectivity index (χ4v) is 1.70. The Morgan fingerprint density at radius 3 is 2.14 bits per heavy atom. The van der Waals surface area contributed by atoms with E-state index in [1.54, 1.807) is 27.7 Å². The van der Waals surface area contributed by atoms with Crippen molar-refractivity contribution >= 4 is 17.9 Å². The van der Waals surface area contributed by atoms with Gasteiger partial charge in [-0.05, 0) is 40.0 Å². The van der Waals surface area contributed by atoms with Gasteiger partial charge in [0.05, 0.1) is 6.54 Å². The van der Waals surface area contributed by atoms with Gasteiger partial charge in [-0.2, -0.15) is 0 Å². The molecule has 0 rings (SSSR count). The van der Waals surface area contributed by atoms with Crippen molar-refractivity contribution in [2.45, 2.75) is 59.6 Å². The Balaban J connectivity index is 4.58. The van der Waals surface area contributed by atoms with Gasteiger partial charge < -0.3 is 20.7 Å². The van der Waals surface area contributed by atoms with Crippen molar-refractivity contribution in [1.29, 1.82) is 0 Å². The molecule has 0 aliphatic rings. The van der Waals surface area contributed by atoms with Crippen molar-refractivity contribution in [3.05, 3.63) is 0 Å². The van der Waals surface area contributed by atoms with Crippen LogP contribution in [0.4, 0.5) is 4.79 Å². The second-order valence-corrected chi connectivity index (χ2v) is 6.50.